The molecule has 0 spiro atoms. The molecule has 1 N–H and O–H groups in total. The zero-order valence-corrected chi connectivity index (χ0v) is 15.9. The molecule has 0 saturated carbocycles. The van der Waals surface area contributed by atoms with E-state index in [0.29, 0.717) is 43.5 Å². The van der Waals surface area contributed by atoms with E-state index in [1.54, 1.807) is 12.1 Å². The maximum absolute atomic E-state index is 12.4. The summed E-state index contributed by atoms with van der Waals surface area (Å²) in [5, 5.41) is 2.92. The number of ether oxygens (including phenoxy) is 2. The van der Waals surface area contributed by atoms with Crippen molar-refractivity contribution in [2.24, 2.45) is 0 Å². The van der Waals surface area contributed by atoms with Crippen LogP contribution in [0.4, 0.5) is 5.69 Å². The summed E-state index contributed by atoms with van der Waals surface area (Å²) >= 11 is 7.50. The number of rotatable bonds is 7. The predicted molar refractivity (Wildman–Crippen MR) is 105 cm³/mol. The molecule has 0 fully saturated rings. The molecule has 0 aliphatic carbocycles. The normalized spacial score (nSPS) is 13.3. The molecule has 138 valence electrons. The van der Waals surface area contributed by atoms with Crippen LogP contribution in [0.2, 0.25) is 4.34 Å². The number of hydrogen-bond donors (Lipinski definition) is 1. The molecule has 1 aromatic carbocycles. The first-order valence-corrected chi connectivity index (χ1v) is 9.60. The number of anilines is 1. The van der Waals surface area contributed by atoms with Gasteiger partial charge in [-0.2, -0.15) is 0 Å². The van der Waals surface area contributed by atoms with E-state index in [4.69, 9.17) is 21.1 Å². The van der Waals surface area contributed by atoms with Crippen molar-refractivity contribution >= 4 is 34.5 Å². The van der Waals surface area contributed by atoms with Crippen LogP contribution in [0.15, 0.2) is 43.0 Å². The van der Waals surface area contributed by atoms with Gasteiger partial charge in [0.05, 0.1) is 24.1 Å². The Morgan fingerprint density at radius 2 is 2.08 bits per heavy atom. The Balaban J connectivity index is 1.61. The SMILES string of the molecule is C=CCN(CC(=O)Nc1ccc2c(c1)OCCCO2)Cc1ccc(Cl)s1. The standard InChI is InChI=1S/C19H21ClN2O3S/c1-2-8-22(12-15-5-7-18(20)26-15)13-19(23)21-14-4-6-16-17(11-14)25-10-3-9-24-16/h2,4-7,11H,1,3,8-10,12-13H2,(H,21,23). The van der Waals surface area contributed by atoms with Gasteiger partial charge in [-0.1, -0.05) is 17.7 Å². The summed E-state index contributed by atoms with van der Waals surface area (Å²) in [6.07, 6.45) is 2.63. The van der Waals surface area contributed by atoms with E-state index in [1.165, 1.54) is 11.3 Å². The summed E-state index contributed by atoms with van der Waals surface area (Å²) in [5.41, 5.74) is 0.692. The van der Waals surface area contributed by atoms with Crippen molar-refractivity contribution in [1.29, 1.82) is 0 Å². The first-order valence-electron chi connectivity index (χ1n) is 8.41. The van der Waals surface area contributed by atoms with Crippen LogP contribution in [-0.2, 0) is 11.3 Å². The van der Waals surface area contributed by atoms with Gasteiger partial charge in [-0.3, -0.25) is 9.69 Å². The second kappa shape index (κ2) is 9.07. The van der Waals surface area contributed by atoms with Crippen LogP contribution in [0, 0.1) is 0 Å². The summed E-state index contributed by atoms with van der Waals surface area (Å²) in [4.78, 5) is 15.6. The molecule has 1 aliphatic heterocycles. The van der Waals surface area contributed by atoms with Gasteiger partial charge in [-0.25, -0.2) is 0 Å². The summed E-state index contributed by atoms with van der Waals surface area (Å²) < 4.78 is 12.0. The van der Waals surface area contributed by atoms with Crippen LogP contribution in [-0.4, -0.2) is 37.1 Å². The number of thiophene rings is 1. The molecule has 3 rings (SSSR count). The zero-order chi connectivity index (χ0) is 18.4. The van der Waals surface area contributed by atoms with Crippen LogP contribution in [0.25, 0.3) is 0 Å². The zero-order valence-electron chi connectivity index (χ0n) is 14.4. The Kier molecular flexibility index (Phi) is 6.55. The maximum atomic E-state index is 12.4. The van der Waals surface area contributed by atoms with Gasteiger partial charge >= 0.3 is 0 Å². The van der Waals surface area contributed by atoms with Gasteiger partial charge in [0, 0.05) is 36.1 Å². The molecular formula is C19H21ClN2O3S. The summed E-state index contributed by atoms with van der Waals surface area (Å²) in [6, 6.07) is 9.29. The summed E-state index contributed by atoms with van der Waals surface area (Å²) in [7, 11) is 0. The number of nitrogens with zero attached hydrogens (tertiary/aromatic N) is 1. The number of halogens is 1. The highest BCUT2D eigenvalue weighted by Gasteiger charge is 2.14. The van der Waals surface area contributed by atoms with E-state index < -0.39 is 0 Å². The Bertz CT molecular complexity index is 778. The second-order valence-electron chi connectivity index (χ2n) is 5.92. The van der Waals surface area contributed by atoms with Gasteiger partial charge < -0.3 is 14.8 Å². The lowest BCUT2D eigenvalue weighted by atomic mass is 10.2. The molecule has 1 aromatic heterocycles. The van der Waals surface area contributed by atoms with E-state index in [1.807, 2.05) is 29.2 Å². The minimum atomic E-state index is -0.0935. The van der Waals surface area contributed by atoms with Crippen LogP contribution in [0.3, 0.4) is 0 Å². The van der Waals surface area contributed by atoms with Crippen LogP contribution >= 0.6 is 22.9 Å². The van der Waals surface area contributed by atoms with Crippen molar-refractivity contribution in [2.75, 3.05) is 31.6 Å². The second-order valence-corrected chi connectivity index (χ2v) is 7.72. The average molecular weight is 393 g/mol. The number of benzene rings is 1. The molecule has 1 amide bonds. The van der Waals surface area contributed by atoms with Crippen molar-refractivity contribution < 1.29 is 14.3 Å². The van der Waals surface area contributed by atoms with Gasteiger partial charge in [0.2, 0.25) is 5.91 Å². The lowest BCUT2D eigenvalue weighted by molar-refractivity contribution is -0.117. The van der Waals surface area contributed by atoms with Crippen molar-refractivity contribution in [3.05, 3.63) is 52.2 Å². The first-order chi connectivity index (χ1) is 12.6. The number of hydrogen-bond acceptors (Lipinski definition) is 5. The number of nitrogens with one attached hydrogen (secondary N) is 1. The number of carbonyl (C=O) groups excluding carboxylic acids is 1. The third-order valence-corrected chi connectivity index (χ3v) is 5.01. The van der Waals surface area contributed by atoms with Crippen LogP contribution in [0.1, 0.15) is 11.3 Å². The monoisotopic (exact) mass is 392 g/mol. The first kappa shape index (κ1) is 18.8. The largest absolute Gasteiger partial charge is 0.490 e. The highest BCUT2D eigenvalue weighted by Crippen LogP contribution is 2.32. The molecule has 5 nitrogen and oxygen atoms in total. The molecule has 0 atom stereocenters. The van der Waals surface area contributed by atoms with Crippen molar-refractivity contribution in [3.8, 4) is 11.5 Å². The number of amides is 1. The fourth-order valence-electron chi connectivity index (χ4n) is 2.67. The molecule has 7 heteroatoms. The molecule has 2 aromatic rings. The molecule has 1 aliphatic rings. The van der Waals surface area contributed by atoms with E-state index >= 15 is 0 Å². The van der Waals surface area contributed by atoms with Gasteiger partial charge in [-0.05, 0) is 24.3 Å². The van der Waals surface area contributed by atoms with Gasteiger partial charge in [0.1, 0.15) is 0 Å². The molecular weight excluding hydrogens is 372 g/mol. The van der Waals surface area contributed by atoms with Crippen molar-refractivity contribution in [1.82, 2.24) is 4.90 Å². The van der Waals surface area contributed by atoms with Gasteiger partial charge in [0.15, 0.2) is 11.5 Å². The fraction of sp³-hybridized carbons (Fsp3) is 0.316. The number of carbonyl (C=O) groups is 1. The van der Waals surface area contributed by atoms with E-state index in [-0.39, 0.29) is 12.5 Å². The Morgan fingerprint density at radius 3 is 2.81 bits per heavy atom. The lowest BCUT2D eigenvalue weighted by Gasteiger charge is -2.19. The van der Waals surface area contributed by atoms with E-state index in [9.17, 15) is 4.79 Å². The quantitative estimate of drug-likeness (QED) is 0.718. The topological polar surface area (TPSA) is 50.8 Å². The highest BCUT2D eigenvalue weighted by molar-refractivity contribution is 7.16. The molecule has 26 heavy (non-hydrogen) atoms. The van der Waals surface area contributed by atoms with E-state index in [0.717, 1.165) is 15.6 Å². The fourth-order valence-corrected chi connectivity index (χ4v) is 3.80. The van der Waals surface area contributed by atoms with Gasteiger partial charge in [0.25, 0.3) is 0 Å². The minimum Gasteiger partial charge on any atom is -0.490 e. The van der Waals surface area contributed by atoms with Crippen LogP contribution < -0.4 is 14.8 Å². The highest BCUT2D eigenvalue weighted by atomic mass is 35.5. The Hall–Kier alpha value is -2.02. The van der Waals surface area contributed by atoms with Crippen molar-refractivity contribution in [2.45, 2.75) is 13.0 Å². The smallest absolute Gasteiger partial charge is 0.238 e. The molecule has 0 saturated heterocycles. The third kappa shape index (κ3) is 5.24. The predicted octanol–water partition coefficient (Wildman–Crippen LogP) is 4.19. The van der Waals surface area contributed by atoms with E-state index in [2.05, 4.69) is 11.9 Å². The summed E-state index contributed by atoms with van der Waals surface area (Å²) in [6.45, 7) is 6.55. The van der Waals surface area contributed by atoms with Crippen molar-refractivity contribution in [3.63, 3.8) is 0 Å². The molecule has 0 bridgehead atoms. The lowest BCUT2D eigenvalue weighted by Crippen LogP contribution is -2.32. The molecule has 0 radical (unpaired) electrons. The third-order valence-electron chi connectivity index (χ3n) is 3.79. The Labute approximate surface area is 162 Å². The van der Waals surface area contributed by atoms with Gasteiger partial charge in [-0.15, -0.1) is 17.9 Å². The minimum absolute atomic E-state index is 0.0935. The van der Waals surface area contributed by atoms with Crippen LogP contribution in [0.5, 0.6) is 11.5 Å². The summed E-state index contributed by atoms with van der Waals surface area (Å²) in [5.74, 6) is 1.28. The number of fused-ring (bicyclic) bond motifs is 1. The average Bonchev–Trinajstić information content (AvgIpc) is 2.87. The Morgan fingerprint density at radius 1 is 1.27 bits per heavy atom. The molecule has 2 heterocycles. The molecule has 0 unspecified atom stereocenters. The maximum Gasteiger partial charge on any atom is 0.238 e.